The molecule has 3 aromatic rings. The number of amides is 1. The fourth-order valence-electron chi connectivity index (χ4n) is 2.50. The van der Waals surface area contributed by atoms with E-state index in [2.05, 4.69) is 31.0 Å². The van der Waals surface area contributed by atoms with Crippen molar-refractivity contribution in [1.82, 2.24) is 4.98 Å². The van der Waals surface area contributed by atoms with Crippen LogP contribution in [0.25, 0.3) is 0 Å². The Hall–Kier alpha value is -2.91. The second-order valence-electron chi connectivity index (χ2n) is 6.16. The van der Waals surface area contributed by atoms with Crippen molar-refractivity contribution in [3.63, 3.8) is 0 Å². The lowest BCUT2D eigenvalue weighted by molar-refractivity contribution is 0.102. The molecule has 0 saturated carbocycles. The predicted molar refractivity (Wildman–Crippen MR) is 115 cm³/mol. The summed E-state index contributed by atoms with van der Waals surface area (Å²) in [6.45, 7) is 1.86. The quantitative estimate of drug-likeness (QED) is 0.556. The van der Waals surface area contributed by atoms with E-state index in [-0.39, 0.29) is 10.5 Å². The molecule has 0 saturated heterocycles. The first kappa shape index (κ1) is 20.8. The first-order valence-corrected chi connectivity index (χ1v) is 10.8. The van der Waals surface area contributed by atoms with E-state index in [0.29, 0.717) is 21.7 Å². The molecule has 0 radical (unpaired) electrons. The number of nitrogens with zero attached hydrogens (tertiary/aromatic N) is 1. The van der Waals surface area contributed by atoms with Crippen LogP contribution in [-0.4, -0.2) is 26.4 Å². The van der Waals surface area contributed by atoms with Crippen LogP contribution in [0.15, 0.2) is 70.2 Å². The number of pyridine rings is 1. The zero-order chi connectivity index (χ0) is 21.0. The van der Waals surface area contributed by atoms with Crippen molar-refractivity contribution in [1.29, 1.82) is 0 Å². The summed E-state index contributed by atoms with van der Waals surface area (Å²) in [7, 11) is -2.38. The van der Waals surface area contributed by atoms with E-state index in [0.717, 1.165) is 5.56 Å². The number of hydrogen-bond acceptors (Lipinski definition) is 5. The van der Waals surface area contributed by atoms with E-state index in [1.54, 1.807) is 24.3 Å². The molecule has 0 fully saturated rings. The SMILES string of the molecule is COc1ccc(NC(=O)c2cccc(S(=O)(=O)Nc3cc(C)ccc3Br)c2)cn1. The number of methoxy groups -OCH3 is 1. The maximum Gasteiger partial charge on any atom is 0.261 e. The van der Waals surface area contributed by atoms with Crippen LogP contribution < -0.4 is 14.8 Å². The number of aromatic nitrogens is 1. The minimum atomic E-state index is -3.88. The van der Waals surface area contributed by atoms with Gasteiger partial charge in [-0.3, -0.25) is 9.52 Å². The summed E-state index contributed by atoms with van der Waals surface area (Å²) >= 11 is 3.33. The summed E-state index contributed by atoms with van der Waals surface area (Å²) in [5.74, 6) is -0.0322. The van der Waals surface area contributed by atoms with E-state index in [9.17, 15) is 13.2 Å². The van der Waals surface area contributed by atoms with E-state index < -0.39 is 15.9 Å². The van der Waals surface area contributed by atoms with Gasteiger partial charge in [-0.15, -0.1) is 0 Å². The second kappa shape index (κ2) is 8.62. The Kier molecular flexibility index (Phi) is 6.19. The smallest absolute Gasteiger partial charge is 0.261 e. The predicted octanol–water partition coefficient (Wildman–Crippen LogP) is 4.21. The summed E-state index contributed by atoms with van der Waals surface area (Å²) in [6, 6.07) is 14.4. The molecule has 0 aliphatic rings. The molecule has 1 amide bonds. The number of benzene rings is 2. The molecule has 1 aromatic heterocycles. The third kappa shape index (κ3) is 5.12. The van der Waals surface area contributed by atoms with Gasteiger partial charge in [0.15, 0.2) is 0 Å². The highest BCUT2D eigenvalue weighted by Crippen LogP contribution is 2.26. The molecule has 2 aromatic carbocycles. The zero-order valence-corrected chi connectivity index (χ0v) is 18.0. The van der Waals surface area contributed by atoms with Gasteiger partial charge in [-0.2, -0.15) is 0 Å². The number of carbonyl (C=O) groups excluding carboxylic acids is 1. The topological polar surface area (TPSA) is 97.4 Å². The molecule has 2 N–H and O–H groups in total. The van der Waals surface area contributed by atoms with Crippen LogP contribution in [0.5, 0.6) is 5.88 Å². The highest BCUT2D eigenvalue weighted by Gasteiger charge is 2.18. The maximum atomic E-state index is 12.8. The Labute approximate surface area is 177 Å². The normalized spacial score (nSPS) is 11.0. The summed E-state index contributed by atoms with van der Waals surface area (Å²) in [5, 5.41) is 2.67. The molecule has 1 heterocycles. The van der Waals surface area contributed by atoms with Crippen molar-refractivity contribution in [2.45, 2.75) is 11.8 Å². The average Bonchev–Trinajstić information content (AvgIpc) is 2.71. The minimum Gasteiger partial charge on any atom is -0.481 e. The maximum absolute atomic E-state index is 12.8. The molecule has 0 bridgehead atoms. The molecule has 0 atom stereocenters. The lowest BCUT2D eigenvalue weighted by Crippen LogP contribution is -2.16. The molecule has 0 unspecified atom stereocenters. The van der Waals surface area contributed by atoms with Crippen molar-refractivity contribution in [2.75, 3.05) is 17.1 Å². The van der Waals surface area contributed by atoms with Gasteiger partial charge in [0.1, 0.15) is 0 Å². The van der Waals surface area contributed by atoms with Crippen LogP contribution in [0, 0.1) is 6.92 Å². The van der Waals surface area contributed by atoms with E-state index in [1.807, 2.05) is 13.0 Å². The summed E-state index contributed by atoms with van der Waals surface area (Å²) in [6.07, 6.45) is 1.45. The molecule has 0 aliphatic carbocycles. The van der Waals surface area contributed by atoms with Crippen LogP contribution in [-0.2, 0) is 10.0 Å². The van der Waals surface area contributed by atoms with Crippen molar-refractivity contribution in [3.05, 3.63) is 76.4 Å². The Morgan fingerprint density at radius 3 is 2.59 bits per heavy atom. The lowest BCUT2D eigenvalue weighted by Gasteiger charge is -2.12. The standard InChI is InChI=1S/C20H18BrN3O4S/c1-13-6-8-17(21)18(10-13)24-29(26,27)16-5-3-4-14(11-16)20(25)23-15-7-9-19(28-2)22-12-15/h3-12,24H,1-2H3,(H,23,25). The van der Waals surface area contributed by atoms with Crippen molar-refractivity contribution >= 4 is 43.2 Å². The number of hydrogen-bond donors (Lipinski definition) is 2. The molecule has 9 heteroatoms. The molecular weight excluding hydrogens is 458 g/mol. The van der Waals surface area contributed by atoms with Gasteiger partial charge in [0.2, 0.25) is 5.88 Å². The first-order valence-electron chi connectivity index (χ1n) is 8.49. The molecule has 150 valence electrons. The fraction of sp³-hybridized carbons (Fsp3) is 0.100. The summed E-state index contributed by atoms with van der Waals surface area (Å²) in [5.41, 5.74) is 1.99. The molecule has 3 rings (SSSR count). The third-order valence-electron chi connectivity index (χ3n) is 3.98. The number of halogens is 1. The number of nitrogens with one attached hydrogen (secondary N) is 2. The van der Waals surface area contributed by atoms with Gasteiger partial charge in [0, 0.05) is 16.1 Å². The second-order valence-corrected chi connectivity index (χ2v) is 8.70. The van der Waals surface area contributed by atoms with Crippen LogP contribution in [0.1, 0.15) is 15.9 Å². The highest BCUT2D eigenvalue weighted by molar-refractivity contribution is 9.10. The van der Waals surface area contributed by atoms with E-state index >= 15 is 0 Å². The monoisotopic (exact) mass is 475 g/mol. The summed E-state index contributed by atoms with van der Waals surface area (Å²) in [4.78, 5) is 16.5. The van der Waals surface area contributed by atoms with Crippen LogP contribution in [0.4, 0.5) is 11.4 Å². The Morgan fingerprint density at radius 1 is 1.10 bits per heavy atom. The average molecular weight is 476 g/mol. The molecule has 7 nitrogen and oxygen atoms in total. The number of aryl methyl sites for hydroxylation is 1. The Balaban J connectivity index is 1.82. The molecular formula is C20H18BrN3O4S. The van der Waals surface area contributed by atoms with Gasteiger partial charge in [-0.1, -0.05) is 12.1 Å². The zero-order valence-electron chi connectivity index (χ0n) is 15.6. The molecule has 0 spiro atoms. The van der Waals surface area contributed by atoms with Crippen LogP contribution in [0.3, 0.4) is 0 Å². The van der Waals surface area contributed by atoms with Gasteiger partial charge in [-0.05, 0) is 64.8 Å². The van der Waals surface area contributed by atoms with Crippen molar-refractivity contribution in [2.24, 2.45) is 0 Å². The highest BCUT2D eigenvalue weighted by atomic mass is 79.9. The largest absolute Gasteiger partial charge is 0.481 e. The Bertz CT molecular complexity index is 1150. The lowest BCUT2D eigenvalue weighted by atomic mass is 10.2. The molecule has 29 heavy (non-hydrogen) atoms. The van der Waals surface area contributed by atoms with Gasteiger partial charge >= 0.3 is 0 Å². The number of rotatable bonds is 6. The number of anilines is 2. The van der Waals surface area contributed by atoms with Crippen LogP contribution in [0.2, 0.25) is 0 Å². The molecule has 0 aliphatic heterocycles. The van der Waals surface area contributed by atoms with E-state index in [1.165, 1.54) is 37.6 Å². The van der Waals surface area contributed by atoms with Gasteiger partial charge in [0.05, 0.1) is 29.6 Å². The van der Waals surface area contributed by atoms with Crippen molar-refractivity contribution < 1.29 is 17.9 Å². The van der Waals surface area contributed by atoms with Crippen LogP contribution >= 0.6 is 15.9 Å². The van der Waals surface area contributed by atoms with Gasteiger partial charge in [0.25, 0.3) is 15.9 Å². The number of sulfonamides is 1. The number of ether oxygens (including phenoxy) is 1. The first-order chi connectivity index (χ1) is 13.8. The Morgan fingerprint density at radius 2 is 1.90 bits per heavy atom. The summed E-state index contributed by atoms with van der Waals surface area (Å²) < 4.78 is 33.7. The van der Waals surface area contributed by atoms with E-state index in [4.69, 9.17) is 4.74 Å². The number of carbonyl (C=O) groups is 1. The van der Waals surface area contributed by atoms with Gasteiger partial charge in [-0.25, -0.2) is 13.4 Å². The van der Waals surface area contributed by atoms with Gasteiger partial charge < -0.3 is 10.1 Å². The minimum absolute atomic E-state index is 0.0218. The third-order valence-corrected chi connectivity index (χ3v) is 6.03. The fourth-order valence-corrected chi connectivity index (χ4v) is 4.10. The van der Waals surface area contributed by atoms with Crippen molar-refractivity contribution in [3.8, 4) is 5.88 Å².